The van der Waals surface area contributed by atoms with Gasteiger partial charge in [0.05, 0.1) is 0 Å². The summed E-state index contributed by atoms with van der Waals surface area (Å²) in [4.78, 5) is 10.6. The van der Waals surface area contributed by atoms with E-state index in [4.69, 9.17) is 0 Å². The number of carbonyl (C=O) groups excluding carboxylic acids is 1. The Morgan fingerprint density at radius 3 is 3.11 bits per heavy atom. The van der Waals surface area contributed by atoms with E-state index in [1.807, 2.05) is 0 Å². The van der Waals surface area contributed by atoms with Crippen LogP contribution in [0.2, 0.25) is 0 Å². The first-order valence-corrected chi connectivity index (χ1v) is 3.07. The quantitative estimate of drug-likeness (QED) is 0.580. The van der Waals surface area contributed by atoms with Crippen molar-refractivity contribution in [2.24, 2.45) is 0 Å². The van der Waals surface area contributed by atoms with Crippen molar-refractivity contribution in [1.29, 1.82) is 0 Å². The number of aromatic nitrogens is 2. The molecule has 5 heteroatoms. The molecule has 0 bridgehead atoms. The second-order valence-electron chi connectivity index (χ2n) is 1.22. The molecule has 0 saturated carbocycles. The second-order valence-corrected chi connectivity index (χ2v) is 1.88. The Kier molecular flexibility index (Phi) is 1.84. The third-order valence-corrected chi connectivity index (χ3v) is 1.17. The molecule has 1 rings (SSSR count). The number of rotatable bonds is 1. The average molecular weight is 143 g/mol. The van der Waals surface area contributed by atoms with Crippen LogP contribution >= 0.6 is 11.8 Å². The van der Waals surface area contributed by atoms with E-state index >= 15 is 0 Å². The standard InChI is InChI=1S/C4H3N2O2S/c1-9-4(7)3-2-5-8-6-3/h2H,1H2. The molecule has 1 aromatic heterocycles. The summed E-state index contributed by atoms with van der Waals surface area (Å²) in [5.74, 6) is 0. The first kappa shape index (κ1) is 6.28. The van der Waals surface area contributed by atoms with Crippen LogP contribution in [0.4, 0.5) is 0 Å². The van der Waals surface area contributed by atoms with Gasteiger partial charge in [-0.3, -0.25) is 4.79 Å². The van der Waals surface area contributed by atoms with Crippen LogP contribution in [0.1, 0.15) is 10.5 Å². The van der Waals surface area contributed by atoms with Crippen molar-refractivity contribution in [3.05, 3.63) is 18.1 Å². The summed E-state index contributed by atoms with van der Waals surface area (Å²) in [6.07, 6.45) is 4.55. The van der Waals surface area contributed by atoms with Crippen LogP contribution in [0.15, 0.2) is 10.8 Å². The van der Waals surface area contributed by atoms with Gasteiger partial charge >= 0.3 is 0 Å². The van der Waals surface area contributed by atoms with Crippen molar-refractivity contribution < 1.29 is 9.42 Å². The lowest BCUT2D eigenvalue weighted by Gasteiger charge is -1.81. The van der Waals surface area contributed by atoms with Crippen LogP contribution in [0.3, 0.4) is 0 Å². The highest BCUT2D eigenvalue weighted by Crippen LogP contribution is 2.05. The third kappa shape index (κ3) is 1.29. The molecule has 0 saturated heterocycles. The number of hydrogen-bond acceptors (Lipinski definition) is 5. The minimum Gasteiger partial charge on any atom is -0.280 e. The van der Waals surface area contributed by atoms with Crippen molar-refractivity contribution in [3.8, 4) is 0 Å². The molecule has 0 spiro atoms. The number of thioether (sulfide) groups is 1. The Bertz CT molecular complexity index is 196. The second kappa shape index (κ2) is 2.63. The molecule has 1 heterocycles. The third-order valence-electron chi connectivity index (χ3n) is 0.702. The Hall–Kier alpha value is -0.840. The van der Waals surface area contributed by atoms with E-state index in [1.54, 1.807) is 0 Å². The SMILES string of the molecule is [CH2]SC(=O)c1cnon1. The van der Waals surface area contributed by atoms with E-state index in [9.17, 15) is 4.79 Å². The average Bonchev–Trinajstić information content (AvgIpc) is 2.37. The van der Waals surface area contributed by atoms with E-state index in [1.165, 1.54) is 6.20 Å². The van der Waals surface area contributed by atoms with Crippen molar-refractivity contribution in [2.45, 2.75) is 0 Å². The molecule has 9 heavy (non-hydrogen) atoms. The van der Waals surface area contributed by atoms with Gasteiger partial charge in [0.2, 0.25) is 5.12 Å². The van der Waals surface area contributed by atoms with Crippen LogP contribution < -0.4 is 0 Å². The summed E-state index contributed by atoms with van der Waals surface area (Å²) < 4.78 is 4.18. The lowest BCUT2D eigenvalue weighted by atomic mass is 10.5. The van der Waals surface area contributed by atoms with Gasteiger partial charge in [0.25, 0.3) is 0 Å². The zero-order valence-corrected chi connectivity index (χ0v) is 5.22. The summed E-state index contributed by atoms with van der Waals surface area (Å²) in [5.41, 5.74) is 0.204. The van der Waals surface area contributed by atoms with E-state index in [0.29, 0.717) is 0 Å². The van der Waals surface area contributed by atoms with Gasteiger partial charge in [-0.25, -0.2) is 4.63 Å². The fourth-order valence-corrected chi connectivity index (χ4v) is 0.566. The molecule has 1 radical (unpaired) electrons. The number of hydrogen-bond donors (Lipinski definition) is 0. The van der Waals surface area contributed by atoms with Crippen LogP contribution in [0, 0.1) is 6.26 Å². The molecular weight excluding hydrogens is 140 g/mol. The van der Waals surface area contributed by atoms with Crippen molar-refractivity contribution in [2.75, 3.05) is 0 Å². The smallest absolute Gasteiger partial charge is 0.243 e. The van der Waals surface area contributed by atoms with E-state index < -0.39 is 0 Å². The van der Waals surface area contributed by atoms with Gasteiger partial charge in [0.1, 0.15) is 6.20 Å². The van der Waals surface area contributed by atoms with Gasteiger partial charge in [-0.1, -0.05) is 16.9 Å². The zero-order valence-electron chi connectivity index (χ0n) is 4.40. The maximum Gasteiger partial charge on any atom is 0.243 e. The molecule has 0 amide bonds. The van der Waals surface area contributed by atoms with Crippen LogP contribution in [-0.2, 0) is 0 Å². The molecule has 0 aliphatic carbocycles. The minimum absolute atomic E-state index is 0.204. The van der Waals surface area contributed by atoms with Gasteiger partial charge in [0, 0.05) is 6.26 Å². The normalized spacial score (nSPS) is 9.44. The fraction of sp³-hybridized carbons (Fsp3) is 0. The maximum atomic E-state index is 10.6. The van der Waals surface area contributed by atoms with Gasteiger partial charge in [-0.15, -0.1) is 0 Å². The molecule has 0 aliphatic rings. The molecule has 1 aromatic rings. The Labute approximate surface area is 55.6 Å². The lowest BCUT2D eigenvalue weighted by molar-refractivity contribution is 0.108. The molecule has 0 aliphatic heterocycles. The van der Waals surface area contributed by atoms with Gasteiger partial charge in [0.15, 0.2) is 5.69 Å². The summed E-state index contributed by atoms with van der Waals surface area (Å²) >= 11 is 0.831. The van der Waals surface area contributed by atoms with Crippen LogP contribution in [0.25, 0.3) is 0 Å². The molecule has 0 unspecified atom stereocenters. The highest BCUT2D eigenvalue weighted by Gasteiger charge is 2.06. The van der Waals surface area contributed by atoms with E-state index in [-0.39, 0.29) is 10.8 Å². The van der Waals surface area contributed by atoms with Gasteiger partial charge in [-0.2, -0.15) is 0 Å². The minimum atomic E-state index is -0.240. The monoisotopic (exact) mass is 143 g/mol. The largest absolute Gasteiger partial charge is 0.280 e. The molecule has 0 N–H and O–H groups in total. The molecule has 0 aromatic carbocycles. The lowest BCUT2D eigenvalue weighted by Crippen LogP contribution is -1.89. The first-order valence-electron chi connectivity index (χ1n) is 2.08. The Balaban J connectivity index is 2.77. The van der Waals surface area contributed by atoms with E-state index in [0.717, 1.165) is 11.8 Å². The molecule has 4 nitrogen and oxygen atoms in total. The van der Waals surface area contributed by atoms with E-state index in [2.05, 4.69) is 21.2 Å². The maximum absolute atomic E-state index is 10.6. The molecule has 47 valence electrons. The fourth-order valence-electron chi connectivity index (χ4n) is 0.329. The highest BCUT2D eigenvalue weighted by atomic mass is 32.2. The molecular formula is C4H3N2O2S. The molecule has 0 atom stereocenters. The van der Waals surface area contributed by atoms with Crippen LogP contribution in [-0.4, -0.2) is 15.4 Å². The van der Waals surface area contributed by atoms with Crippen molar-refractivity contribution >= 4 is 16.9 Å². The highest BCUT2D eigenvalue weighted by molar-refractivity contribution is 8.15. The predicted octanol–water partition coefficient (Wildman–Crippen LogP) is 0.735. The van der Waals surface area contributed by atoms with Gasteiger partial charge in [-0.05, 0) is 5.16 Å². The first-order chi connectivity index (χ1) is 4.34. The van der Waals surface area contributed by atoms with Crippen molar-refractivity contribution in [3.63, 3.8) is 0 Å². The Morgan fingerprint density at radius 1 is 1.89 bits per heavy atom. The summed E-state index contributed by atoms with van der Waals surface area (Å²) in [7, 11) is 0. The topological polar surface area (TPSA) is 56.0 Å². The Morgan fingerprint density at radius 2 is 2.67 bits per heavy atom. The number of nitrogens with zero attached hydrogens (tertiary/aromatic N) is 2. The number of carbonyl (C=O) groups is 1. The van der Waals surface area contributed by atoms with Crippen molar-refractivity contribution in [1.82, 2.24) is 10.3 Å². The van der Waals surface area contributed by atoms with Gasteiger partial charge < -0.3 is 0 Å². The predicted molar refractivity (Wildman–Crippen MR) is 31.6 cm³/mol. The molecule has 0 fully saturated rings. The van der Waals surface area contributed by atoms with Crippen LogP contribution in [0.5, 0.6) is 0 Å². The summed E-state index contributed by atoms with van der Waals surface area (Å²) in [5, 5.41) is 6.29. The zero-order chi connectivity index (χ0) is 6.69. The summed E-state index contributed by atoms with van der Waals surface area (Å²) in [6.45, 7) is 0. The summed E-state index contributed by atoms with van der Waals surface area (Å²) in [6, 6.07) is 0.